The number of nitrogens with zero attached hydrogens (tertiary/aromatic N) is 2. The van der Waals surface area contributed by atoms with Gasteiger partial charge in [0.25, 0.3) is 0 Å². The molecule has 0 aliphatic carbocycles. The lowest BCUT2D eigenvalue weighted by Gasteiger charge is -2.06. The molecule has 0 atom stereocenters. The first kappa shape index (κ1) is 8.71. The molecule has 1 rings (SSSR count). The Kier molecular flexibility index (Phi) is 2.43. The largest absolute Gasteiger partial charge is 0.385 e. The lowest BCUT2D eigenvalue weighted by Crippen LogP contribution is -1.99. The molecule has 0 spiro atoms. The normalized spacial score (nSPS) is 9.58. The molecule has 12 heavy (non-hydrogen) atoms. The molecule has 3 heteroatoms. The molecule has 0 saturated heterocycles. The lowest BCUT2D eigenvalue weighted by molar-refractivity contribution is 1.04. The average molecular weight is 163 g/mol. The number of aryl methyl sites for hydroxylation is 1. The average Bonchev–Trinajstić information content (AvgIpc) is 2.04. The van der Waals surface area contributed by atoms with Crippen LogP contribution in [0.15, 0.2) is 12.8 Å². The van der Waals surface area contributed by atoms with E-state index in [2.05, 4.69) is 21.9 Å². The molecule has 0 fully saturated rings. The van der Waals surface area contributed by atoms with Gasteiger partial charge in [0.05, 0.1) is 17.6 Å². The summed E-state index contributed by atoms with van der Waals surface area (Å²) in [5, 5.41) is 3.02. The molecular weight excluding hydrogens is 150 g/mol. The van der Waals surface area contributed by atoms with Crippen molar-refractivity contribution in [3.05, 3.63) is 24.3 Å². The maximum Gasteiger partial charge on any atom is 0.126 e. The van der Waals surface area contributed by atoms with Gasteiger partial charge in [-0.2, -0.15) is 0 Å². The zero-order valence-corrected chi connectivity index (χ0v) is 7.68. The fourth-order valence-corrected chi connectivity index (χ4v) is 0.978. The first-order valence-electron chi connectivity index (χ1n) is 3.82. The van der Waals surface area contributed by atoms with Crippen LogP contribution in [0.3, 0.4) is 0 Å². The zero-order valence-electron chi connectivity index (χ0n) is 7.68. The minimum Gasteiger partial charge on any atom is -0.385 e. The van der Waals surface area contributed by atoms with Crippen LogP contribution < -0.4 is 5.32 Å². The van der Waals surface area contributed by atoms with Crippen LogP contribution in [0, 0.1) is 6.92 Å². The Morgan fingerprint density at radius 2 is 2.25 bits per heavy atom. The van der Waals surface area contributed by atoms with Crippen LogP contribution in [0.25, 0.3) is 5.57 Å². The highest BCUT2D eigenvalue weighted by Gasteiger charge is 2.03. The van der Waals surface area contributed by atoms with Crippen molar-refractivity contribution >= 4 is 11.3 Å². The molecular formula is C9H13N3. The molecule has 3 nitrogen and oxygen atoms in total. The van der Waals surface area contributed by atoms with Crippen molar-refractivity contribution in [3.63, 3.8) is 0 Å². The van der Waals surface area contributed by atoms with Crippen LogP contribution in [-0.2, 0) is 0 Å². The zero-order chi connectivity index (χ0) is 9.14. The van der Waals surface area contributed by atoms with E-state index in [-0.39, 0.29) is 0 Å². The van der Waals surface area contributed by atoms with Crippen LogP contribution in [-0.4, -0.2) is 17.0 Å². The van der Waals surface area contributed by atoms with Gasteiger partial charge in [-0.1, -0.05) is 6.58 Å². The predicted octanol–water partition coefficient (Wildman–Crippen LogP) is 1.86. The van der Waals surface area contributed by atoms with Crippen molar-refractivity contribution < 1.29 is 0 Å². The summed E-state index contributed by atoms with van der Waals surface area (Å²) in [6.45, 7) is 7.64. The maximum atomic E-state index is 4.27. The van der Waals surface area contributed by atoms with Gasteiger partial charge in [-0.3, -0.25) is 0 Å². The molecule has 0 aliphatic heterocycles. The second-order valence-corrected chi connectivity index (χ2v) is 2.71. The Balaban J connectivity index is 3.21. The fraction of sp³-hybridized carbons (Fsp3) is 0.333. The van der Waals surface area contributed by atoms with Crippen LogP contribution in [0.2, 0.25) is 0 Å². The highest BCUT2D eigenvalue weighted by molar-refractivity contribution is 5.69. The molecule has 1 heterocycles. The summed E-state index contributed by atoms with van der Waals surface area (Å²) in [6, 6.07) is 0. The van der Waals surface area contributed by atoms with Gasteiger partial charge in [0.2, 0.25) is 0 Å². The number of hydrogen-bond acceptors (Lipinski definition) is 3. The van der Waals surface area contributed by atoms with E-state index in [0.717, 1.165) is 22.8 Å². The summed E-state index contributed by atoms with van der Waals surface area (Å²) in [4.78, 5) is 8.35. The van der Waals surface area contributed by atoms with E-state index in [0.29, 0.717) is 0 Å². The minimum absolute atomic E-state index is 0.770. The maximum absolute atomic E-state index is 4.27. The molecule has 1 aromatic rings. The molecule has 0 saturated carbocycles. The van der Waals surface area contributed by atoms with E-state index in [1.54, 1.807) is 6.20 Å². The Hall–Kier alpha value is -1.38. The molecule has 1 aromatic heterocycles. The summed E-state index contributed by atoms with van der Waals surface area (Å²) < 4.78 is 0. The van der Waals surface area contributed by atoms with E-state index >= 15 is 0 Å². The third-order valence-electron chi connectivity index (χ3n) is 1.58. The number of anilines is 1. The van der Waals surface area contributed by atoms with Crippen molar-refractivity contribution in [2.24, 2.45) is 0 Å². The van der Waals surface area contributed by atoms with Gasteiger partial charge in [-0.15, -0.1) is 0 Å². The third kappa shape index (κ3) is 1.61. The van der Waals surface area contributed by atoms with Gasteiger partial charge in [-0.25, -0.2) is 9.97 Å². The smallest absolute Gasteiger partial charge is 0.126 e. The molecule has 0 bridgehead atoms. The van der Waals surface area contributed by atoms with E-state index in [1.807, 2.05) is 20.9 Å². The van der Waals surface area contributed by atoms with E-state index < -0.39 is 0 Å². The standard InChI is InChI=1S/C9H13N3/c1-6(2)9-8(10-4)5-11-7(3)12-9/h5,10H,1H2,2-4H3. The number of rotatable bonds is 2. The topological polar surface area (TPSA) is 37.8 Å². The van der Waals surface area contributed by atoms with Crippen LogP contribution in [0.5, 0.6) is 0 Å². The van der Waals surface area contributed by atoms with Gasteiger partial charge >= 0.3 is 0 Å². The summed E-state index contributed by atoms with van der Waals surface area (Å²) in [5.74, 6) is 0.770. The molecule has 0 amide bonds. The van der Waals surface area contributed by atoms with Gasteiger partial charge < -0.3 is 5.32 Å². The van der Waals surface area contributed by atoms with E-state index in [9.17, 15) is 0 Å². The predicted molar refractivity (Wildman–Crippen MR) is 51.0 cm³/mol. The van der Waals surface area contributed by atoms with Crippen LogP contribution >= 0.6 is 0 Å². The first-order chi connectivity index (χ1) is 5.65. The van der Waals surface area contributed by atoms with Gasteiger partial charge in [0, 0.05) is 7.05 Å². The SMILES string of the molecule is C=C(C)c1nc(C)ncc1NC. The summed E-state index contributed by atoms with van der Waals surface area (Å²) >= 11 is 0. The minimum atomic E-state index is 0.770. The molecule has 0 radical (unpaired) electrons. The molecule has 0 unspecified atom stereocenters. The number of aromatic nitrogens is 2. The van der Waals surface area contributed by atoms with Crippen molar-refractivity contribution in [2.45, 2.75) is 13.8 Å². The summed E-state index contributed by atoms with van der Waals surface area (Å²) in [6.07, 6.45) is 1.77. The molecule has 0 aromatic carbocycles. The van der Waals surface area contributed by atoms with Gasteiger partial charge in [-0.05, 0) is 19.4 Å². The van der Waals surface area contributed by atoms with E-state index in [1.165, 1.54) is 0 Å². The Morgan fingerprint density at radius 1 is 1.58 bits per heavy atom. The van der Waals surface area contributed by atoms with Gasteiger partial charge in [0.15, 0.2) is 0 Å². The molecule has 1 N–H and O–H groups in total. The molecule has 64 valence electrons. The molecule has 0 aliphatic rings. The third-order valence-corrected chi connectivity index (χ3v) is 1.58. The van der Waals surface area contributed by atoms with Crippen LogP contribution in [0.4, 0.5) is 5.69 Å². The van der Waals surface area contributed by atoms with Crippen molar-refractivity contribution in [1.29, 1.82) is 0 Å². The van der Waals surface area contributed by atoms with Crippen LogP contribution in [0.1, 0.15) is 18.4 Å². The summed E-state index contributed by atoms with van der Waals surface area (Å²) in [5.41, 5.74) is 2.77. The Bertz CT molecular complexity index is 305. The van der Waals surface area contributed by atoms with Crippen molar-refractivity contribution in [2.75, 3.05) is 12.4 Å². The summed E-state index contributed by atoms with van der Waals surface area (Å²) in [7, 11) is 1.85. The van der Waals surface area contributed by atoms with E-state index in [4.69, 9.17) is 0 Å². The Labute approximate surface area is 72.6 Å². The number of nitrogens with one attached hydrogen (secondary N) is 1. The lowest BCUT2D eigenvalue weighted by atomic mass is 10.2. The van der Waals surface area contributed by atoms with Gasteiger partial charge in [0.1, 0.15) is 5.82 Å². The number of allylic oxidation sites excluding steroid dienone is 1. The second kappa shape index (κ2) is 3.34. The quantitative estimate of drug-likeness (QED) is 0.723. The van der Waals surface area contributed by atoms with Crippen molar-refractivity contribution in [3.8, 4) is 0 Å². The Morgan fingerprint density at radius 3 is 2.75 bits per heavy atom. The second-order valence-electron chi connectivity index (χ2n) is 2.71. The highest BCUT2D eigenvalue weighted by Crippen LogP contribution is 2.18. The van der Waals surface area contributed by atoms with Crippen molar-refractivity contribution in [1.82, 2.24) is 9.97 Å². The monoisotopic (exact) mass is 163 g/mol. The highest BCUT2D eigenvalue weighted by atomic mass is 14.9. The fourth-order valence-electron chi connectivity index (χ4n) is 0.978. The first-order valence-corrected chi connectivity index (χ1v) is 3.82. The number of hydrogen-bond donors (Lipinski definition) is 1.